The monoisotopic (exact) mass is 448 g/mol. The van der Waals surface area contributed by atoms with Crippen molar-refractivity contribution in [1.29, 1.82) is 0 Å². The molecule has 2 bridgehead atoms. The van der Waals surface area contributed by atoms with Crippen molar-refractivity contribution in [2.24, 2.45) is 5.41 Å². The van der Waals surface area contributed by atoms with Crippen molar-refractivity contribution in [3.63, 3.8) is 0 Å². The Bertz CT molecular complexity index is 1220. The van der Waals surface area contributed by atoms with Gasteiger partial charge in [0.15, 0.2) is 0 Å². The topological polar surface area (TPSA) is 60.8 Å². The summed E-state index contributed by atoms with van der Waals surface area (Å²) in [7, 11) is 0. The number of rotatable bonds is 3. The third-order valence-corrected chi connectivity index (χ3v) is 8.30. The van der Waals surface area contributed by atoms with Crippen LogP contribution in [0, 0.1) is 17.0 Å². The van der Waals surface area contributed by atoms with Crippen LogP contribution in [0.5, 0.6) is 0 Å². The van der Waals surface area contributed by atoms with Crippen molar-refractivity contribution in [1.82, 2.24) is 20.2 Å². The van der Waals surface area contributed by atoms with E-state index < -0.39 is 17.0 Å². The summed E-state index contributed by atoms with van der Waals surface area (Å²) in [4.78, 5) is 9.70. The molecule has 2 atom stereocenters. The van der Waals surface area contributed by atoms with Gasteiger partial charge in [-0.2, -0.15) is 5.10 Å². The molecule has 6 rings (SSSR count). The van der Waals surface area contributed by atoms with E-state index in [-0.39, 0.29) is 22.6 Å². The van der Waals surface area contributed by atoms with Crippen LogP contribution in [-0.2, 0) is 10.2 Å². The molecule has 1 aromatic carbocycles. The normalized spacial score (nSPS) is 25.9. The Morgan fingerprint density at radius 3 is 2.52 bits per heavy atom. The molecule has 1 aliphatic heterocycles. The molecule has 3 aromatic rings. The minimum Gasteiger partial charge on any atom is -0.381 e. The van der Waals surface area contributed by atoms with Gasteiger partial charge in [0.05, 0.1) is 28.1 Å². The van der Waals surface area contributed by atoms with Crippen molar-refractivity contribution >= 4 is 0 Å². The van der Waals surface area contributed by atoms with Gasteiger partial charge < -0.3 is 4.74 Å². The second-order valence-electron chi connectivity index (χ2n) is 10.0. The Morgan fingerprint density at radius 1 is 1.00 bits per heavy atom. The number of halogens is 2. The number of fused-ring (bicyclic) bond motifs is 5. The lowest BCUT2D eigenvalue weighted by molar-refractivity contribution is 0.0834. The van der Waals surface area contributed by atoms with Crippen LogP contribution in [0.1, 0.15) is 74.1 Å². The van der Waals surface area contributed by atoms with E-state index in [1.54, 1.807) is 0 Å². The molecule has 2 aromatic heterocycles. The predicted octanol–water partition coefficient (Wildman–Crippen LogP) is 5.31. The SMILES string of the molecule is CC1(C)[C@H]2CC[C@@]1(c1ccnc(C3CCOCC3)n1)c1nnc(-c3c(F)cccc3F)cc12. The van der Waals surface area contributed by atoms with Gasteiger partial charge >= 0.3 is 0 Å². The van der Waals surface area contributed by atoms with Crippen molar-refractivity contribution in [3.05, 3.63) is 70.9 Å². The molecule has 3 heterocycles. The highest BCUT2D eigenvalue weighted by molar-refractivity contribution is 5.64. The highest BCUT2D eigenvalue weighted by Crippen LogP contribution is 2.69. The summed E-state index contributed by atoms with van der Waals surface area (Å²) >= 11 is 0. The van der Waals surface area contributed by atoms with E-state index in [2.05, 4.69) is 29.0 Å². The fourth-order valence-corrected chi connectivity index (χ4v) is 6.52. The van der Waals surface area contributed by atoms with Gasteiger partial charge in [-0.05, 0) is 66.8 Å². The van der Waals surface area contributed by atoms with Crippen LogP contribution in [0.15, 0.2) is 36.5 Å². The van der Waals surface area contributed by atoms with Crippen LogP contribution in [0.25, 0.3) is 11.3 Å². The molecule has 0 amide bonds. The molecule has 170 valence electrons. The smallest absolute Gasteiger partial charge is 0.135 e. The van der Waals surface area contributed by atoms with Crippen LogP contribution >= 0.6 is 0 Å². The number of nitrogens with zero attached hydrogens (tertiary/aromatic N) is 4. The van der Waals surface area contributed by atoms with Gasteiger partial charge in [0.25, 0.3) is 0 Å². The molecule has 2 fully saturated rings. The number of aromatic nitrogens is 4. The summed E-state index contributed by atoms with van der Waals surface area (Å²) in [5, 5.41) is 8.94. The molecular weight excluding hydrogens is 422 g/mol. The average molecular weight is 449 g/mol. The largest absolute Gasteiger partial charge is 0.381 e. The molecule has 2 aliphatic carbocycles. The van der Waals surface area contributed by atoms with Crippen molar-refractivity contribution in [3.8, 4) is 11.3 Å². The molecule has 33 heavy (non-hydrogen) atoms. The lowest BCUT2D eigenvalue weighted by atomic mass is 9.66. The summed E-state index contributed by atoms with van der Waals surface area (Å²) < 4.78 is 34.4. The molecule has 7 heteroatoms. The standard InChI is InChI=1S/C26H26F2N4O/c1-25(2)17-6-10-26(25,21-7-11-29-24(30-21)15-8-12-33-13-9-15)23-16(17)14-20(31-32-23)22-18(27)4-3-5-19(22)28/h3-5,7,11,14-15,17H,6,8-10,12-13H2,1-2H3/t17-,26+/m0/s1. The van der Waals surface area contributed by atoms with Gasteiger partial charge in [-0.1, -0.05) is 19.9 Å². The van der Waals surface area contributed by atoms with E-state index in [9.17, 15) is 8.78 Å². The molecule has 0 unspecified atom stereocenters. The fraction of sp³-hybridized carbons (Fsp3) is 0.462. The average Bonchev–Trinajstić information content (AvgIpc) is 3.21. The third kappa shape index (κ3) is 2.84. The predicted molar refractivity (Wildman–Crippen MR) is 119 cm³/mol. The molecule has 0 N–H and O–H groups in total. The van der Waals surface area contributed by atoms with E-state index >= 15 is 0 Å². The van der Waals surface area contributed by atoms with Crippen molar-refractivity contribution in [2.75, 3.05) is 13.2 Å². The molecule has 0 spiro atoms. The second kappa shape index (κ2) is 7.35. The summed E-state index contributed by atoms with van der Waals surface area (Å²) in [6, 6.07) is 7.72. The molecule has 3 aliphatic rings. The minimum atomic E-state index is -0.627. The van der Waals surface area contributed by atoms with E-state index in [1.165, 1.54) is 18.2 Å². The molecule has 0 radical (unpaired) electrons. The Hall–Kier alpha value is -2.80. The Morgan fingerprint density at radius 2 is 1.76 bits per heavy atom. The van der Waals surface area contributed by atoms with Crippen LogP contribution < -0.4 is 0 Å². The van der Waals surface area contributed by atoms with Crippen LogP contribution in [-0.4, -0.2) is 33.4 Å². The zero-order chi connectivity index (χ0) is 22.8. The van der Waals surface area contributed by atoms with Crippen LogP contribution in [0.2, 0.25) is 0 Å². The van der Waals surface area contributed by atoms with Gasteiger partial charge in [0.1, 0.15) is 17.5 Å². The zero-order valence-corrected chi connectivity index (χ0v) is 18.8. The Balaban J connectivity index is 1.48. The van der Waals surface area contributed by atoms with Gasteiger partial charge in [0.2, 0.25) is 0 Å². The molecule has 5 nitrogen and oxygen atoms in total. The van der Waals surface area contributed by atoms with Crippen molar-refractivity contribution in [2.45, 2.75) is 56.8 Å². The zero-order valence-electron chi connectivity index (χ0n) is 18.8. The quantitative estimate of drug-likeness (QED) is 0.544. The first kappa shape index (κ1) is 20.8. The van der Waals surface area contributed by atoms with Gasteiger partial charge in [0, 0.05) is 25.3 Å². The maximum atomic E-state index is 14.5. The fourth-order valence-electron chi connectivity index (χ4n) is 6.52. The van der Waals surface area contributed by atoms with Crippen molar-refractivity contribution < 1.29 is 13.5 Å². The lowest BCUT2D eigenvalue weighted by Crippen LogP contribution is -2.38. The Labute approximate surface area is 191 Å². The number of benzene rings is 1. The van der Waals surface area contributed by atoms with Gasteiger partial charge in [-0.15, -0.1) is 5.10 Å². The maximum Gasteiger partial charge on any atom is 0.135 e. The third-order valence-electron chi connectivity index (χ3n) is 8.30. The van der Waals surface area contributed by atoms with Gasteiger partial charge in [-0.25, -0.2) is 18.7 Å². The van der Waals surface area contributed by atoms with E-state index in [0.717, 1.165) is 61.7 Å². The molecular formula is C26H26F2N4O. The van der Waals surface area contributed by atoms with E-state index in [1.807, 2.05) is 18.3 Å². The highest BCUT2D eigenvalue weighted by Gasteiger charge is 2.65. The van der Waals surface area contributed by atoms with Crippen LogP contribution in [0.3, 0.4) is 0 Å². The first-order chi connectivity index (χ1) is 15.9. The first-order valence-electron chi connectivity index (χ1n) is 11.7. The Kier molecular flexibility index (Phi) is 4.63. The van der Waals surface area contributed by atoms with Crippen LogP contribution in [0.4, 0.5) is 8.78 Å². The maximum absolute atomic E-state index is 14.5. The minimum absolute atomic E-state index is 0.119. The van der Waals surface area contributed by atoms with E-state index in [0.29, 0.717) is 5.92 Å². The van der Waals surface area contributed by atoms with Gasteiger partial charge in [-0.3, -0.25) is 0 Å². The number of hydrogen-bond donors (Lipinski definition) is 0. The number of hydrogen-bond acceptors (Lipinski definition) is 5. The molecule has 1 saturated heterocycles. The lowest BCUT2D eigenvalue weighted by Gasteiger charge is -2.37. The summed E-state index contributed by atoms with van der Waals surface area (Å²) in [5.74, 6) is 0.138. The summed E-state index contributed by atoms with van der Waals surface area (Å²) in [5.41, 5.74) is 2.47. The summed E-state index contributed by atoms with van der Waals surface area (Å²) in [6.07, 6.45) is 5.61. The molecule has 1 saturated carbocycles. The summed E-state index contributed by atoms with van der Waals surface area (Å²) in [6.45, 7) is 5.99. The highest BCUT2D eigenvalue weighted by atomic mass is 19.1. The first-order valence-corrected chi connectivity index (χ1v) is 11.7. The second-order valence-corrected chi connectivity index (χ2v) is 10.0. The van der Waals surface area contributed by atoms with E-state index in [4.69, 9.17) is 9.72 Å². The number of ether oxygens (including phenoxy) is 1.